The highest BCUT2D eigenvalue weighted by molar-refractivity contribution is 5.56. The average molecular weight is 210 g/mol. The summed E-state index contributed by atoms with van der Waals surface area (Å²) >= 11 is 0. The number of aromatic nitrogens is 2. The van der Waals surface area contributed by atoms with E-state index >= 15 is 0 Å². The van der Waals surface area contributed by atoms with Crippen molar-refractivity contribution in [2.24, 2.45) is 0 Å². The first-order valence-corrected chi connectivity index (χ1v) is 5.00. The zero-order valence-corrected chi connectivity index (χ0v) is 9.47. The maximum absolute atomic E-state index is 5.70. The van der Waals surface area contributed by atoms with Crippen LogP contribution in [-0.4, -0.2) is 36.3 Å². The van der Waals surface area contributed by atoms with Crippen molar-refractivity contribution < 1.29 is 4.74 Å². The van der Waals surface area contributed by atoms with Gasteiger partial charge in [0.05, 0.1) is 12.7 Å². The molecule has 0 aliphatic heterocycles. The summed E-state index contributed by atoms with van der Waals surface area (Å²) < 4.78 is 5.44. The summed E-state index contributed by atoms with van der Waals surface area (Å²) in [5, 5.41) is 0. The Morgan fingerprint density at radius 3 is 2.67 bits per heavy atom. The number of rotatable bonds is 5. The minimum absolute atomic E-state index is 0.248. The van der Waals surface area contributed by atoms with E-state index in [1.165, 1.54) is 0 Å². The number of nitrogens with two attached hydrogens (primary N) is 1. The van der Waals surface area contributed by atoms with E-state index < -0.39 is 0 Å². The fourth-order valence-electron chi connectivity index (χ4n) is 1.17. The Labute approximate surface area is 90.3 Å². The third-order valence-corrected chi connectivity index (χ3v) is 1.95. The van der Waals surface area contributed by atoms with Crippen LogP contribution in [0.4, 0.5) is 11.6 Å². The SMILES string of the molecule is CC(C)OCCN(C)c1nccnc1N. The largest absolute Gasteiger partial charge is 0.381 e. The maximum Gasteiger partial charge on any atom is 0.171 e. The van der Waals surface area contributed by atoms with Gasteiger partial charge >= 0.3 is 0 Å². The van der Waals surface area contributed by atoms with E-state index in [4.69, 9.17) is 10.5 Å². The Morgan fingerprint density at radius 1 is 1.40 bits per heavy atom. The molecule has 0 unspecified atom stereocenters. The first-order valence-electron chi connectivity index (χ1n) is 5.00. The average Bonchev–Trinajstić information content (AvgIpc) is 2.17. The van der Waals surface area contributed by atoms with Crippen molar-refractivity contribution in [1.29, 1.82) is 0 Å². The van der Waals surface area contributed by atoms with Crippen LogP contribution in [0.3, 0.4) is 0 Å². The van der Waals surface area contributed by atoms with E-state index in [-0.39, 0.29) is 6.10 Å². The molecule has 0 aromatic carbocycles. The molecule has 1 aromatic rings. The fraction of sp³-hybridized carbons (Fsp3) is 0.600. The Kier molecular flexibility index (Phi) is 4.30. The van der Waals surface area contributed by atoms with Gasteiger partial charge in [-0.3, -0.25) is 0 Å². The van der Waals surface area contributed by atoms with E-state index in [0.29, 0.717) is 18.2 Å². The lowest BCUT2D eigenvalue weighted by Gasteiger charge is -2.19. The number of hydrogen-bond acceptors (Lipinski definition) is 5. The highest BCUT2D eigenvalue weighted by Gasteiger charge is 2.06. The van der Waals surface area contributed by atoms with Crippen molar-refractivity contribution in [3.8, 4) is 0 Å². The van der Waals surface area contributed by atoms with Crippen molar-refractivity contribution in [2.45, 2.75) is 20.0 Å². The second kappa shape index (κ2) is 5.50. The Balaban J connectivity index is 2.47. The van der Waals surface area contributed by atoms with Gasteiger partial charge in [-0.05, 0) is 13.8 Å². The molecule has 2 N–H and O–H groups in total. The van der Waals surface area contributed by atoms with Crippen molar-refractivity contribution >= 4 is 11.6 Å². The number of hydrogen-bond donors (Lipinski definition) is 1. The number of ether oxygens (including phenoxy) is 1. The molecular weight excluding hydrogens is 192 g/mol. The molecular formula is C10H18N4O. The van der Waals surface area contributed by atoms with Gasteiger partial charge in [-0.25, -0.2) is 9.97 Å². The zero-order chi connectivity index (χ0) is 11.3. The van der Waals surface area contributed by atoms with Crippen LogP contribution in [0.5, 0.6) is 0 Å². The molecule has 1 aromatic heterocycles. The van der Waals surface area contributed by atoms with Crippen LogP contribution in [0.2, 0.25) is 0 Å². The summed E-state index contributed by atoms with van der Waals surface area (Å²) in [5.74, 6) is 1.15. The van der Waals surface area contributed by atoms with Crippen molar-refractivity contribution in [3.63, 3.8) is 0 Å². The van der Waals surface area contributed by atoms with E-state index in [0.717, 1.165) is 6.54 Å². The quantitative estimate of drug-likeness (QED) is 0.783. The van der Waals surface area contributed by atoms with E-state index in [2.05, 4.69) is 9.97 Å². The number of nitrogens with zero attached hydrogens (tertiary/aromatic N) is 3. The topological polar surface area (TPSA) is 64.3 Å². The van der Waals surface area contributed by atoms with Crippen LogP contribution in [0.15, 0.2) is 12.4 Å². The summed E-state index contributed by atoms with van der Waals surface area (Å²) in [6, 6.07) is 0. The van der Waals surface area contributed by atoms with Gasteiger partial charge in [0.15, 0.2) is 11.6 Å². The highest BCUT2D eigenvalue weighted by Crippen LogP contribution is 2.13. The fourth-order valence-corrected chi connectivity index (χ4v) is 1.17. The minimum atomic E-state index is 0.248. The lowest BCUT2D eigenvalue weighted by atomic mass is 10.4. The molecule has 1 rings (SSSR count). The summed E-state index contributed by atoms with van der Waals surface area (Å²) in [7, 11) is 1.92. The molecule has 0 aliphatic carbocycles. The van der Waals surface area contributed by atoms with E-state index in [1.54, 1.807) is 12.4 Å². The molecule has 0 saturated heterocycles. The van der Waals surface area contributed by atoms with Crippen LogP contribution in [0, 0.1) is 0 Å². The molecule has 0 atom stereocenters. The van der Waals surface area contributed by atoms with Crippen LogP contribution < -0.4 is 10.6 Å². The van der Waals surface area contributed by atoms with Crippen LogP contribution in [0.1, 0.15) is 13.8 Å². The van der Waals surface area contributed by atoms with Gasteiger partial charge < -0.3 is 15.4 Å². The Morgan fingerprint density at radius 2 is 2.07 bits per heavy atom. The minimum Gasteiger partial charge on any atom is -0.381 e. The summed E-state index contributed by atoms with van der Waals surface area (Å²) in [4.78, 5) is 10.1. The molecule has 15 heavy (non-hydrogen) atoms. The predicted molar refractivity (Wildman–Crippen MR) is 60.8 cm³/mol. The lowest BCUT2D eigenvalue weighted by Crippen LogP contribution is -2.25. The molecule has 1 heterocycles. The molecule has 0 saturated carbocycles. The number of nitrogen functional groups attached to an aromatic ring is 1. The molecule has 0 fully saturated rings. The standard InChI is InChI=1S/C10H18N4O/c1-8(2)15-7-6-14(3)10-9(11)12-4-5-13-10/h4-5,8H,6-7H2,1-3H3,(H2,11,12). The van der Waals surface area contributed by atoms with Gasteiger partial charge in [0.1, 0.15) is 0 Å². The van der Waals surface area contributed by atoms with Crippen LogP contribution in [0.25, 0.3) is 0 Å². The number of likely N-dealkylation sites (N-methyl/N-ethyl adjacent to an activating group) is 1. The molecule has 0 bridgehead atoms. The normalized spacial score (nSPS) is 10.7. The van der Waals surface area contributed by atoms with Gasteiger partial charge in [-0.2, -0.15) is 0 Å². The van der Waals surface area contributed by atoms with E-state index in [1.807, 2.05) is 25.8 Å². The first kappa shape index (κ1) is 11.7. The second-order valence-electron chi connectivity index (χ2n) is 3.61. The third-order valence-electron chi connectivity index (χ3n) is 1.95. The van der Waals surface area contributed by atoms with Gasteiger partial charge in [-0.1, -0.05) is 0 Å². The molecule has 0 radical (unpaired) electrons. The Hall–Kier alpha value is -1.36. The lowest BCUT2D eigenvalue weighted by molar-refractivity contribution is 0.0845. The molecule has 0 spiro atoms. The Bertz CT molecular complexity index is 303. The summed E-state index contributed by atoms with van der Waals surface area (Å²) in [6.45, 7) is 5.43. The summed E-state index contributed by atoms with van der Waals surface area (Å²) in [6.07, 6.45) is 3.46. The zero-order valence-electron chi connectivity index (χ0n) is 9.47. The van der Waals surface area contributed by atoms with Crippen LogP contribution in [-0.2, 0) is 4.74 Å². The van der Waals surface area contributed by atoms with Gasteiger partial charge in [0, 0.05) is 26.0 Å². The third kappa shape index (κ3) is 3.71. The van der Waals surface area contributed by atoms with E-state index in [9.17, 15) is 0 Å². The molecule has 5 heteroatoms. The molecule has 0 aliphatic rings. The number of anilines is 2. The maximum atomic E-state index is 5.70. The smallest absolute Gasteiger partial charge is 0.171 e. The highest BCUT2D eigenvalue weighted by atomic mass is 16.5. The first-order chi connectivity index (χ1) is 7.11. The molecule has 84 valence electrons. The monoisotopic (exact) mass is 210 g/mol. The van der Waals surface area contributed by atoms with Crippen molar-refractivity contribution in [2.75, 3.05) is 30.8 Å². The van der Waals surface area contributed by atoms with Crippen molar-refractivity contribution in [3.05, 3.63) is 12.4 Å². The second-order valence-corrected chi connectivity index (χ2v) is 3.61. The van der Waals surface area contributed by atoms with Crippen LogP contribution >= 0.6 is 0 Å². The molecule has 0 amide bonds. The summed E-state index contributed by atoms with van der Waals surface area (Å²) in [5.41, 5.74) is 5.70. The van der Waals surface area contributed by atoms with Crippen molar-refractivity contribution in [1.82, 2.24) is 9.97 Å². The van der Waals surface area contributed by atoms with Gasteiger partial charge in [0.2, 0.25) is 0 Å². The van der Waals surface area contributed by atoms with Gasteiger partial charge in [0.25, 0.3) is 0 Å². The van der Waals surface area contributed by atoms with Gasteiger partial charge in [-0.15, -0.1) is 0 Å². The predicted octanol–water partition coefficient (Wildman–Crippen LogP) is 0.920. The molecule has 5 nitrogen and oxygen atoms in total.